The molecule has 0 N–H and O–H groups in total. The van der Waals surface area contributed by atoms with Gasteiger partial charge in [0.15, 0.2) is 0 Å². The molecule has 1 saturated heterocycles. The van der Waals surface area contributed by atoms with Crippen molar-refractivity contribution in [3.05, 3.63) is 41.7 Å². The molecule has 2 amide bonds. The molecule has 1 aromatic rings. The van der Waals surface area contributed by atoms with Gasteiger partial charge in [-0.2, -0.15) is 0 Å². The molecule has 5 heteroatoms. The zero-order valence-corrected chi connectivity index (χ0v) is 15.2. The van der Waals surface area contributed by atoms with Gasteiger partial charge in [0.25, 0.3) is 0 Å². The second-order valence-corrected chi connectivity index (χ2v) is 6.83. The van der Waals surface area contributed by atoms with Crippen LogP contribution in [0.2, 0.25) is 0 Å². The minimum Gasteiger partial charge on any atom is -0.343 e. The highest BCUT2D eigenvalue weighted by Crippen LogP contribution is 2.21. The van der Waals surface area contributed by atoms with Crippen molar-refractivity contribution in [2.75, 3.05) is 20.1 Å². The van der Waals surface area contributed by atoms with Gasteiger partial charge in [-0.25, -0.2) is 4.39 Å². The van der Waals surface area contributed by atoms with Crippen molar-refractivity contribution in [2.24, 2.45) is 5.92 Å². The number of amides is 2. The first kappa shape index (κ1) is 19.2. The van der Waals surface area contributed by atoms with Crippen LogP contribution in [0, 0.1) is 11.7 Å². The Balaban J connectivity index is 1.81. The summed E-state index contributed by atoms with van der Waals surface area (Å²) >= 11 is 0. The van der Waals surface area contributed by atoms with Crippen molar-refractivity contribution in [1.29, 1.82) is 0 Å². The molecule has 1 aliphatic rings. The van der Waals surface area contributed by atoms with E-state index >= 15 is 0 Å². The number of nitrogens with zero attached hydrogens (tertiary/aromatic N) is 2. The van der Waals surface area contributed by atoms with E-state index in [4.69, 9.17) is 0 Å². The van der Waals surface area contributed by atoms with Gasteiger partial charge in [0.2, 0.25) is 11.8 Å². The summed E-state index contributed by atoms with van der Waals surface area (Å²) in [6.07, 6.45) is 5.00. The third-order valence-corrected chi connectivity index (χ3v) is 4.81. The fraction of sp³-hybridized carbons (Fsp3) is 0.500. The number of benzene rings is 1. The first-order valence-electron chi connectivity index (χ1n) is 8.85. The summed E-state index contributed by atoms with van der Waals surface area (Å²) < 4.78 is 13.5. The van der Waals surface area contributed by atoms with Gasteiger partial charge in [-0.15, -0.1) is 0 Å². The molecule has 1 aliphatic heterocycles. The molecule has 0 aromatic heterocycles. The number of likely N-dealkylation sites (tertiary alicyclic amines) is 1. The second kappa shape index (κ2) is 8.79. The molecule has 0 aliphatic carbocycles. The Labute approximate surface area is 149 Å². The monoisotopic (exact) mass is 346 g/mol. The summed E-state index contributed by atoms with van der Waals surface area (Å²) in [7, 11) is 1.83. The Bertz CT molecular complexity index is 634. The van der Waals surface area contributed by atoms with Gasteiger partial charge in [0.05, 0.1) is 0 Å². The van der Waals surface area contributed by atoms with Gasteiger partial charge in [-0.3, -0.25) is 9.59 Å². The molecule has 0 saturated carbocycles. The van der Waals surface area contributed by atoms with E-state index in [9.17, 15) is 14.0 Å². The van der Waals surface area contributed by atoms with Crippen molar-refractivity contribution in [2.45, 2.75) is 39.2 Å². The molecule has 1 heterocycles. The van der Waals surface area contributed by atoms with E-state index < -0.39 is 0 Å². The van der Waals surface area contributed by atoms with Crippen molar-refractivity contribution in [1.82, 2.24) is 9.80 Å². The SMILES string of the molecule is CC(C)N(C)C(=O)C1CCN(C(=O)C/C=C/c2ccccc2F)CC1. The van der Waals surface area contributed by atoms with E-state index in [1.807, 2.05) is 20.9 Å². The Kier molecular flexibility index (Phi) is 6.73. The van der Waals surface area contributed by atoms with E-state index in [2.05, 4.69) is 0 Å². The lowest BCUT2D eigenvalue weighted by Gasteiger charge is -2.34. The van der Waals surface area contributed by atoms with Crippen LogP contribution in [0.25, 0.3) is 6.08 Å². The second-order valence-electron chi connectivity index (χ2n) is 6.83. The summed E-state index contributed by atoms with van der Waals surface area (Å²) in [4.78, 5) is 28.2. The molecule has 0 unspecified atom stereocenters. The maximum atomic E-state index is 13.5. The summed E-state index contributed by atoms with van der Waals surface area (Å²) in [6, 6.07) is 6.67. The zero-order chi connectivity index (χ0) is 18.4. The Morgan fingerprint density at radius 2 is 1.92 bits per heavy atom. The molecule has 2 rings (SSSR count). The number of rotatable bonds is 5. The maximum Gasteiger partial charge on any atom is 0.226 e. The third-order valence-electron chi connectivity index (χ3n) is 4.81. The third kappa shape index (κ3) is 5.15. The van der Waals surface area contributed by atoms with Gasteiger partial charge in [0.1, 0.15) is 5.82 Å². The molecule has 0 spiro atoms. The van der Waals surface area contributed by atoms with Crippen LogP contribution < -0.4 is 0 Å². The van der Waals surface area contributed by atoms with Crippen LogP contribution in [-0.2, 0) is 9.59 Å². The van der Waals surface area contributed by atoms with Crippen molar-refractivity contribution in [3.63, 3.8) is 0 Å². The number of piperidine rings is 1. The molecule has 0 atom stereocenters. The lowest BCUT2D eigenvalue weighted by Crippen LogP contribution is -2.44. The summed E-state index contributed by atoms with van der Waals surface area (Å²) in [5.41, 5.74) is 0.483. The summed E-state index contributed by atoms with van der Waals surface area (Å²) in [5, 5.41) is 0. The van der Waals surface area contributed by atoms with Crippen LogP contribution in [-0.4, -0.2) is 47.8 Å². The predicted octanol–water partition coefficient (Wildman–Crippen LogP) is 3.33. The normalized spacial score (nSPS) is 15.8. The molecular formula is C20H27FN2O2. The Hall–Kier alpha value is -2.17. The van der Waals surface area contributed by atoms with Crippen LogP contribution in [0.4, 0.5) is 4.39 Å². The molecule has 0 radical (unpaired) electrons. The topological polar surface area (TPSA) is 40.6 Å². The van der Waals surface area contributed by atoms with E-state index in [-0.39, 0.29) is 36.0 Å². The molecule has 0 bridgehead atoms. The molecule has 25 heavy (non-hydrogen) atoms. The highest BCUT2D eigenvalue weighted by Gasteiger charge is 2.29. The van der Waals surface area contributed by atoms with E-state index in [1.165, 1.54) is 6.07 Å². The molecule has 4 nitrogen and oxygen atoms in total. The first-order valence-corrected chi connectivity index (χ1v) is 8.85. The van der Waals surface area contributed by atoms with Crippen LogP contribution in [0.5, 0.6) is 0 Å². The van der Waals surface area contributed by atoms with Crippen molar-refractivity contribution < 1.29 is 14.0 Å². The zero-order valence-electron chi connectivity index (χ0n) is 15.2. The predicted molar refractivity (Wildman–Crippen MR) is 97.3 cm³/mol. The average Bonchev–Trinajstić information content (AvgIpc) is 2.62. The Morgan fingerprint density at radius 1 is 1.28 bits per heavy atom. The number of halogens is 1. The molecule has 1 aromatic carbocycles. The van der Waals surface area contributed by atoms with Crippen LogP contribution >= 0.6 is 0 Å². The van der Waals surface area contributed by atoms with Gasteiger partial charge < -0.3 is 9.80 Å². The molecule has 1 fully saturated rings. The largest absolute Gasteiger partial charge is 0.343 e. The fourth-order valence-electron chi connectivity index (χ4n) is 2.94. The van der Waals surface area contributed by atoms with Crippen LogP contribution in [0.15, 0.2) is 30.3 Å². The lowest BCUT2D eigenvalue weighted by atomic mass is 9.94. The minimum atomic E-state index is -0.292. The van der Waals surface area contributed by atoms with E-state index in [1.54, 1.807) is 40.2 Å². The van der Waals surface area contributed by atoms with Gasteiger partial charge >= 0.3 is 0 Å². The minimum absolute atomic E-state index is 0.00501. The van der Waals surface area contributed by atoms with E-state index in [0.717, 1.165) is 0 Å². The van der Waals surface area contributed by atoms with Crippen LogP contribution in [0.1, 0.15) is 38.7 Å². The molecule has 136 valence electrons. The highest BCUT2D eigenvalue weighted by molar-refractivity contribution is 5.81. The summed E-state index contributed by atoms with van der Waals surface area (Å²) in [6.45, 7) is 5.21. The van der Waals surface area contributed by atoms with Gasteiger partial charge in [0, 0.05) is 44.1 Å². The number of hydrogen-bond donors (Lipinski definition) is 0. The smallest absolute Gasteiger partial charge is 0.226 e. The van der Waals surface area contributed by atoms with Gasteiger partial charge in [-0.1, -0.05) is 30.4 Å². The van der Waals surface area contributed by atoms with Gasteiger partial charge in [-0.05, 0) is 32.8 Å². The summed E-state index contributed by atoms with van der Waals surface area (Å²) in [5.74, 6) is -0.0949. The average molecular weight is 346 g/mol. The highest BCUT2D eigenvalue weighted by atomic mass is 19.1. The van der Waals surface area contributed by atoms with Crippen molar-refractivity contribution in [3.8, 4) is 0 Å². The molecular weight excluding hydrogens is 319 g/mol. The standard InChI is InChI=1S/C20H27FN2O2/c1-15(2)22(3)20(25)17-11-13-23(14-12-17)19(24)10-6-8-16-7-4-5-9-18(16)21/h4-9,15,17H,10-14H2,1-3H3/b8-6+. The lowest BCUT2D eigenvalue weighted by molar-refractivity contribution is -0.140. The van der Waals surface area contributed by atoms with E-state index in [0.29, 0.717) is 31.5 Å². The van der Waals surface area contributed by atoms with Crippen molar-refractivity contribution >= 4 is 17.9 Å². The Morgan fingerprint density at radius 3 is 2.52 bits per heavy atom. The number of carbonyl (C=O) groups excluding carboxylic acids is 2. The fourth-order valence-corrected chi connectivity index (χ4v) is 2.94. The number of carbonyl (C=O) groups is 2. The van der Waals surface area contributed by atoms with Crippen LogP contribution in [0.3, 0.4) is 0 Å². The maximum absolute atomic E-state index is 13.5. The first-order chi connectivity index (χ1) is 11.9. The quantitative estimate of drug-likeness (QED) is 0.820. The number of hydrogen-bond acceptors (Lipinski definition) is 2.